The molecule has 0 radical (unpaired) electrons. The molecule has 19 heavy (non-hydrogen) atoms. The minimum Gasteiger partial charge on any atom is -0.399 e. The maximum atomic E-state index is 12.4. The summed E-state index contributed by atoms with van der Waals surface area (Å²) in [6.07, 6.45) is 3.18. The van der Waals surface area contributed by atoms with E-state index in [1.807, 2.05) is 0 Å². The van der Waals surface area contributed by atoms with Gasteiger partial charge in [0, 0.05) is 12.7 Å². The van der Waals surface area contributed by atoms with Crippen LogP contribution in [0.15, 0.2) is 18.2 Å². The van der Waals surface area contributed by atoms with Crippen molar-refractivity contribution in [1.82, 2.24) is 4.90 Å². The van der Waals surface area contributed by atoms with Gasteiger partial charge in [-0.2, -0.15) is 0 Å². The predicted octanol–water partition coefficient (Wildman–Crippen LogP) is 2.30. The molecule has 2 rings (SSSR count). The normalized spacial score (nSPS) is 23.1. The number of aliphatic hydroxyl groups is 1. The zero-order chi connectivity index (χ0) is 14.0. The molecule has 3 N–H and O–H groups in total. The van der Waals surface area contributed by atoms with Crippen molar-refractivity contribution in [3.8, 4) is 0 Å². The van der Waals surface area contributed by atoms with Gasteiger partial charge < -0.3 is 15.7 Å². The second-order valence-corrected chi connectivity index (χ2v) is 5.48. The lowest BCUT2D eigenvalue weighted by atomic mass is 9.91. The molecule has 5 heteroatoms. The average molecular weight is 283 g/mol. The number of carbonyl (C=O) groups is 1. The maximum Gasteiger partial charge on any atom is 0.255 e. The highest BCUT2D eigenvalue weighted by Crippen LogP contribution is 2.26. The summed E-state index contributed by atoms with van der Waals surface area (Å²) in [4.78, 5) is 14.0. The molecule has 0 heterocycles. The molecule has 1 aliphatic carbocycles. The Labute approximate surface area is 118 Å². The molecule has 2 unspecified atom stereocenters. The van der Waals surface area contributed by atoms with Crippen LogP contribution < -0.4 is 5.73 Å². The largest absolute Gasteiger partial charge is 0.399 e. The van der Waals surface area contributed by atoms with Crippen molar-refractivity contribution in [2.45, 2.75) is 37.8 Å². The van der Waals surface area contributed by atoms with E-state index < -0.39 is 6.10 Å². The van der Waals surface area contributed by atoms with Crippen molar-refractivity contribution >= 4 is 23.2 Å². The molecule has 1 aromatic carbocycles. The number of nitrogens with zero attached hydrogens (tertiary/aromatic N) is 1. The van der Waals surface area contributed by atoms with Crippen LogP contribution in [0.5, 0.6) is 0 Å². The van der Waals surface area contributed by atoms with Gasteiger partial charge in [-0.3, -0.25) is 4.79 Å². The molecule has 1 fully saturated rings. The van der Waals surface area contributed by atoms with E-state index in [1.165, 1.54) is 0 Å². The van der Waals surface area contributed by atoms with E-state index >= 15 is 0 Å². The fraction of sp³-hybridized carbons (Fsp3) is 0.500. The van der Waals surface area contributed by atoms with Gasteiger partial charge in [-0.25, -0.2) is 0 Å². The Hall–Kier alpha value is -1.26. The Morgan fingerprint density at radius 2 is 2.11 bits per heavy atom. The van der Waals surface area contributed by atoms with Crippen LogP contribution in [-0.2, 0) is 0 Å². The number of benzene rings is 1. The maximum absolute atomic E-state index is 12.4. The summed E-state index contributed by atoms with van der Waals surface area (Å²) >= 11 is 6.05. The third-order valence-corrected chi connectivity index (χ3v) is 4.05. The van der Waals surface area contributed by atoms with Crippen LogP contribution >= 0.6 is 11.6 Å². The Bertz CT molecular complexity index is 479. The minimum absolute atomic E-state index is 0.130. The van der Waals surface area contributed by atoms with Gasteiger partial charge in [-0.1, -0.05) is 24.4 Å². The SMILES string of the molecule is CN(C(=O)c1ccc(N)cc1Cl)C1CCCCC1O. The van der Waals surface area contributed by atoms with Gasteiger partial charge in [-0.15, -0.1) is 0 Å². The van der Waals surface area contributed by atoms with E-state index in [2.05, 4.69) is 0 Å². The van der Waals surface area contributed by atoms with E-state index in [1.54, 1.807) is 30.1 Å². The molecule has 0 spiro atoms. The Kier molecular flexibility index (Phi) is 4.32. The van der Waals surface area contributed by atoms with Gasteiger partial charge in [0.2, 0.25) is 0 Å². The molecule has 0 saturated heterocycles. The van der Waals surface area contributed by atoms with Crippen LogP contribution in [0.4, 0.5) is 5.69 Å². The predicted molar refractivity (Wildman–Crippen MR) is 76.2 cm³/mol. The molecule has 0 aliphatic heterocycles. The number of nitrogen functional groups attached to an aromatic ring is 1. The van der Waals surface area contributed by atoms with Crippen molar-refractivity contribution in [3.63, 3.8) is 0 Å². The number of hydrogen-bond donors (Lipinski definition) is 2. The number of halogens is 1. The summed E-state index contributed by atoms with van der Waals surface area (Å²) in [5, 5.41) is 10.4. The molecule has 1 amide bonds. The first-order valence-electron chi connectivity index (χ1n) is 6.51. The van der Waals surface area contributed by atoms with Gasteiger partial charge in [-0.05, 0) is 31.0 Å². The van der Waals surface area contributed by atoms with E-state index in [-0.39, 0.29) is 11.9 Å². The summed E-state index contributed by atoms with van der Waals surface area (Å²) in [7, 11) is 1.72. The summed E-state index contributed by atoms with van der Waals surface area (Å²) in [6, 6.07) is 4.73. The van der Waals surface area contributed by atoms with Crippen LogP contribution in [0, 0.1) is 0 Å². The second kappa shape index (κ2) is 5.80. The Morgan fingerprint density at radius 3 is 2.74 bits per heavy atom. The second-order valence-electron chi connectivity index (χ2n) is 5.07. The topological polar surface area (TPSA) is 66.6 Å². The Balaban J connectivity index is 2.18. The van der Waals surface area contributed by atoms with Gasteiger partial charge in [0.05, 0.1) is 22.7 Å². The molecule has 1 aliphatic rings. The molecule has 0 bridgehead atoms. The highest BCUT2D eigenvalue weighted by molar-refractivity contribution is 6.34. The zero-order valence-electron chi connectivity index (χ0n) is 11.0. The van der Waals surface area contributed by atoms with Crippen molar-refractivity contribution in [2.75, 3.05) is 12.8 Å². The number of likely N-dealkylation sites (N-methyl/N-ethyl adjacent to an activating group) is 1. The summed E-state index contributed by atoms with van der Waals surface area (Å²) in [5.74, 6) is -0.170. The standard InChI is InChI=1S/C14H19ClN2O2/c1-17(12-4-2-3-5-13(12)18)14(19)10-7-6-9(16)8-11(10)15/h6-8,12-13,18H,2-5,16H2,1H3. The van der Waals surface area contributed by atoms with Crippen molar-refractivity contribution < 1.29 is 9.90 Å². The van der Waals surface area contributed by atoms with Gasteiger partial charge in [0.25, 0.3) is 5.91 Å². The van der Waals surface area contributed by atoms with Gasteiger partial charge in [0.15, 0.2) is 0 Å². The minimum atomic E-state index is -0.449. The number of aliphatic hydroxyl groups excluding tert-OH is 1. The van der Waals surface area contributed by atoms with Crippen molar-refractivity contribution in [3.05, 3.63) is 28.8 Å². The number of amides is 1. The first kappa shape index (κ1) is 14.2. The Morgan fingerprint density at radius 1 is 1.42 bits per heavy atom. The number of carbonyl (C=O) groups excluding carboxylic acids is 1. The van der Waals surface area contributed by atoms with E-state index in [0.717, 1.165) is 25.7 Å². The summed E-state index contributed by atoms with van der Waals surface area (Å²) < 4.78 is 0. The van der Waals surface area contributed by atoms with Gasteiger partial charge in [0.1, 0.15) is 0 Å². The van der Waals surface area contributed by atoms with Crippen LogP contribution in [0.25, 0.3) is 0 Å². The zero-order valence-corrected chi connectivity index (χ0v) is 11.7. The quantitative estimate of drug-likeness (QED) is 0.818. The molecule has 104 valence electrons. The molecular formula is C14H19ClN2O2. The van der Waals surface area contributed by atoms with E-state index in [4.69, 9.17) is 17.3 Å². The number of hydrogen-bond acceptors (Lipinski definition) is 3. The van der Waals surface area contributed by atoms with Gasteiger partial charge >= 0.3 is 0 Å². The number of nitrogens with two attached hydrogens (primary N) is 1. The average Bonchev–Trinajstić information content (AvgIpc) is 2.38. The molecule has 1 saturated carbocycles. The highest BCUT2D eigenvalue weighted by Gasteiger charge is 2.30. The van der Waals surface area contributed by atoms with Crippen LogP contribution in [0.3, 0.4) is 0 Å². The highest BCUT2D eigenvalue weighted by atomic mass is 35.5. The lowest BCUT2D eigenvalue weighted by molar-refractivity contribution is 0.0268. The number of rotatable bonds is 2. The van der Waals surface area contributed by atoms with Crippen molar-refractivity contribution in [2.24, 2.45) is 0 Å². The molecule has 2 atom stereocenters. The third-order valence-electron chi connectivity index (χ3n) is 3.74. The van der Waals surface area contributed by atoms with E-state index in [9.17, 15) is 9.90 Å². The fourth-order valence-electron chi connectivity index (χ4n) is 2.59. The molecule has 4 nitrogen and oxygen atoms in total. The third kappa shape index (κ3) is 3.01. The fourth-order valence-corrected chi connectivity index (χ4v) is 2.86. The van der Waals surface area contributed by atoms with Crippen LogP contribution in [-0.4, -0.2) is 35.1 Å². The monoisotopic (exact) mass is 282 g/mol. The van der Waals surface area contributed by atoms with E-state index in [0.29, 0.717) is 16.3 Å². The lowest BCUT2D eigenvalue weighted by Crippen LogP contribution is -2.46. The molecule has 1 aromatic rings. The first-order chi connectivity index (χ1) is 9.00. The molecule has 0 aromatic heterocycles. The summed E-state index contributed by atoms with van der Waals surface area (Å²) in [5.41, 5.74) is 6.58. The number of anilines is 1. The lowest BCUT2D eigenvalue weighted by Gasteiger charge is -2.35. The van der Waals surface area contributed by atoms with Crippen LogP contribution in [0.2, 0.25) is 5.02 Å². The van der Waals surface area contributed by atoms with Crippen LogP contribution in [0.1, 0.15) is 36.0 Å². The smallest absolute Gasteiger partial charge is 0.255 e. The molecular weight excluding hydrogens is 264 g/mol. The first-order valence-corrected chi connectivity index (χ1v) is 6.88. The summed E-state index contributed by atoms with van der Waals surface area (Å²) in [6.45, 7) is 0. The van der Waals surface area contributed by atoms with Crippen molar-refractivity contribution in [1.29, 1.82) is 0 Å².